The van der Waals surface area contributed by atoms with Crippen LogP contribution in [-0.2, 0) is 11.3 Å². The van der Waals surface area contributed by atoms with Crippen molar-refractivity contribution in [3.05, 3.63) is 35.1 Å². The normalized spacial score (nSPS) is 19.8. The topological polar surface area (TPSA) is 38.5 Å². The lowest BCUT2D eigenvalue weighted by Gasteiger charge is -2.18. The molecule has 104 valence electrons. The Kier molecular flexibility index (Phi) is 4.85. The van der Waals surface area contributed by atoms with Gasteiger partial charge in [0.25, 0.3) is 0 Å². The Balaban J connectivity index is 2.07. The van der Waals surface area contributed by atoms with Gasteiger partial charge in [-0.3, -0.25) is 4.90 Å². The number of benzene rings is 1. The minimum Gasteiger partial charge on any atom is -0.389 e. The lowest BCUT2D eigenvalue weighted by atomic mass is 10.1. The number of thiocarbonyl (C=S) groups is 1. The van der Waals surface area contributed by atoms with Crippen molar-refractivity contribution in [2.75, 3.05) is 26.8 Å². The third-order valence-corrected chi connectivity index (χ3v) is 3.72. The Hall–Kier alpha value is -1.04. The average molecular weight is 282 g/mol. The fourth-order valence-electron chi connectivity index (χ4n) is 2.60. The van der Waals surface area contributed by atoms with Crippen LogP contribution in [0.1, 0.15) is 17.5 Å². The highest BCUT2D eigenvalue weighted by Gasteiger charge is 2.23. The number of halogens is 1. The Morgan fingerprint density at radius 2 is 2.37 bits per heavy atom. The van der Waals surface area contributed by atoms with E-state index in [0.29, 0.717) is 17.5 Å². The number of hydrogen-bond acceptors (Lipinski definition) is 3. The minimum absolute atomic E-state index is 0.248. The van der Waals surface area contributed by atoms with Crippen molar-refractivity contribution >= 4 is 17.2 Å². The first-order chi connectivity index (χ1) is 9.10. The summed E-state index contributed by atoms with van der Waals surface area (Å²) in [6.07, 6.45) is 1.12. The molecule has 1 aromatic carbocycles. The number of nitrogens with two attached hydrogens (primary N) is 1. The molecule has 0 spiro atoms. The molecule has 2 rings (SSSR count). The first-order valence-electron chi connectivity index (χ1n) is 6.39. The van der Waals surface area contributed by atoms with E-state index in [9.17, 15) is 4.39 Å². The van der Waals surface area contributed by atoms with E-state index in [0.717, 1.165) is 37.2 Å². The van der Waals surface area contributed by atoms with Gasteiger partial charge in [-0.25, -0.2) is 4.39 Å². The van der Waals surface area contributed by atoms with Crippen molar-refractivity contribution in [2.45, 2.75) is 13.0 Å². The minimum atomic E-state index is -0.248. The maximum Gasteiger partial charge on any atom is 0.123 e. The van der Waals surface area contributed by atoms with E-state index in [2.05, 4.69) is 4.90 Å². The molecule has 5 heteroatoms. The number of hydrogen-bond donors (Lipinski definition) is 1. The molecule has 1 aromatic rings. The molecule has 0 bridgehead atoms. The Morgan fingerprint density at radius 3 is 3.05 bits per heavy atom. The van der Waals surface area contributed by atoms with E-state index in [1.54, 1.807) is 13.2 Å². The second-order valence-corrected chi connectivity index (χ2v) is 5.45. The van der Waals surface area contributed by atoms with Gasteiger partial charge in [0, 0.05) is 25.8 Å². The maximum absolute atomic E-state index is 13.4. The van der Waals surface area contributed by atoms with Gasteiger partial charge >= 0.3 is 0 Å². The number of rotatable bonds is 5. The number of nitrogens with zero attached hydrogens (tertiary/aromatic N) is 1. The second kappa shape index (κ2) is 6.41. The predicted octanol–water partition coefficient (Wildman–Crippen LogP) is 1.93. The van der Waals surface area contributed by atoms with Gasteiger partial charge in [-0.15, -0.1) is 0 Å². The van der Waals surface area contributed by atoms with Gasteiger partial charge in [0.1, 0.15) is 10.8 Å². The summed E-state index contributed by atoms with van der Waals surface area (Å²) in [4.78, 5) is 2.61. The molecule has 0 radical (unpaired) electrons. The zero-order chi connectivity index (χ0) is 13.8. The summed E-state index contributed by atoms with van der Waals surface area (Å²) in [5.74, 6) is 0.314. The summed E-state index contributed by atoms with van der Waals surface area (Å²) in [5.41, 5.74) is 7.32. The third kappa shape index (κ3) is 3.72. The van der Waals surface area contributed by atoms with Gasteiger partial charge in [-0.2, -0.15) is 0 Å². The third-order valence-electron chi connectivity index (χ3n) is 3.50. The van der Waals surface area contributed by atoms with E-state index in [-0.39, 0.29) is 5.82 Å². The van der Waals surface area contributed by atoms with Gasteiger partial charge < -0.3 is 10.5 Å². The van der Waals surface area contributed by atoms with Crippen molar-refractivity contribution in [1.82, 2.24) is 4.90 Å². The molecular weight excluding hydrogens is 263 g/mol. The summed E-state index contributed by atoms with van der Waals surface area (Å²) in [7, 11) is 1.72. The van der Waals surface area contributed by atoms with Crippen molar-refractivity contribution in [1.29, 1.82) is 0 Å². The van der Waals surface area contributed by atoms with Crippen LogP contribution < -0.4 is 5.73 Å². The molecule has 1 aliphatic heterocycles. The summed E-state index contributed by atoms with van der Waals surface area (Å²) in [6, 6.07) is 4.59. The lowest BCUT2D eigenvalue weighted by Crippen LogP contribution is -2.23. The van der Waals surface area contributed by atoms with Crippen LogP contribution in [-0.4, -0.2) is 36.7 Å². The van der Waals surface area contributed by atoms with E-state index in [1.807, 2.05) is 0 Å². The highest BCUT2D eigenvalue weighted by molar-refractivity contribution is 7.80. The maximum atomic E-state index is 13.4. The molecule has 0 aromatic heterocycles. The Labute approximate surface area is 118 Å². The summed E-state index contributed by atoms with van der Waals surface area (Å²) in [5, 5.41) is 0. The summed E-state index contributed by atoms with van der Waals surface area (Å²) < 4.78 is 18.5. The quantitative estimate of drug-likeness (QED) is 0.838. The molecule has 19 heavy (non-hydrogen) atoms. The van der Waals surface area contributed by atoms with E-state index in [4.69, 9.17) is 22.7 Å². The molecule has 1 fully saturated rings. The van der Waals surface area contributed by atoms with Crippen molar-refractivity contribution in [2.24, 2.45) is 11.7 Å². The van der Waals surface area contributed by atoms with Gasteiger partial charge in [0.05, 0.1) is 6.61 Å². The van der Waals surface area contributed by atoms with Crippen LogP contribution in [0.4, 0.5) is 4.39 Å². The smallest absolute Gasteiger partial charge is 0.123 e. The molecule has 0 amide bonds. The molecule has 0 aliphatic carbocycles. The molecule has 0 saturated carbocycles. The number of ether oxygens (including phenoxy) is 1. The summed E-state index contributed by atoms with van der Waals surface area (Å²) >= 11 is 5.02. The summed E-state index contributed by atoms with van der Waals surface area (Å²) in [6.45, 7) is 3.44. The highest BCUT2D eigenvalue weighted by Crippen LogP contribution is 2.21. The molecule has 1 unspecified atom stereocenters. The standard InChI is InChI=1S/C14H19FN2OS/c1-18-9-10-4-5-17(7-10)8-11-6-12(15)2-3-13(11)14(16)19/h2-3,6,10H,4-5,7-9H2,1H3,(H2,16,19). The van der Waals surface area contributed by atoms with Crippen LogP contribution in [0.15, 0.2) is 18.2 Å². The van der Waals surface area contributed by atoms with E-state index in [1.165, 1.54) is 12.1 Å². The molecule has 1 atom stereocenters. The Bertz CT molecular complexity index is 467. The van der Waals surface area contributed by atoms with Gasteiger partial charge in [-0.1, -0.05) is 12.2 Å². The Morgan fingerprint density at radius 1 is 1.58 bits per heavy atom. The highest BCUT2D eigenvalue weighted by atomic mass is 32.1. The van der Waals surface area contributed by atoms with Crippen LogP contribution in [0.5, 0.6) is 0 Å². The zero-order valence-electron chi connectivity index (χ0n) is 11.1. The number of methoxy groups -OCH3 is 1. The van der Waals surface area contributed by atoms with Gasteiger partial charge in [-0.05, 0) is 42.6 Å². The zero-order valence-corrected chi connectivity index (χ0v) is 11.9. The first kappa shape index (κ1) is 14.4. The van der Waals surface area contributed by atoms with Crippen LogP contribution in [0.2, 0.25) is 0 Å². The predicted molar refractivity (Wildman–Crippen MR) is 77.5 cm³/mol. The largest absolute Gasteiger partial charge is 0.389 e. The van der Waals surface area contributed by atoms with Crippen molar-refractivity contribution in [3.8, 4) is 0 Å². The van der Waals surface area contributed by atoms with Crippen molar-refractivity contribution in [3.63, 3.8) is 0 Å². The van der Waals surface area contributed by atoms with Crippen LogP contribution >= 0.6 is 12.2 Å². The lowest BCUT2D eigenvalue weighted by molar-refractivity contribution is 0.152. The van der Waals surface area contributed by atoms with E-state index < -0.39 is 0 Å². The van der Waals surface area contributed by atoms with Gasteiger partial charge in [0.15, 0.2) is 0 Å². The molecule has 3 nitrogen and oxygen atoms in total. The first-order valence-corrected chi connectivity index (χ1v) is 6.80. The molecule has 2 N–H and O–H groups in total. The van der Waals surface area contributed by atoms with Crippen LogP contribution in [0.25, 0.3) is 0 Å². The van der Waals surface area contributed by atoms with Gasteiger partial charge in [0.2, 0.25) is 0 Å². The fraction of sp³-hybridized carbons (Fsp3) is 0.500. The van der Waals surface area contributed by atoms with Crippen LogP contribution in [0, 0.1) is 11.7 Å². The van der Waals surface area contributed by atoms with Crippen LogP contribution in [0.3, 0.4) is 0 Å². The monoisotopic (exact) mass is 282 g/mol. The SMILES string of the molecule is COCC1CCN(Cc2cc(F)ccc2C(N)=S)C1. The second-order valence-electron chi connectivity index (χ2n) is 5.01. The molecule has 1 heterocycles. The average Bonchev–Trinajstić information content (AvgIpc) is 2.77. The fourth-order valence-corrected chi connectivity index (χ4v) is 2.80. The molecule has 1 aliphatic rings. The van der Waals surface area contributed by atoms with Crippen molar-refractivity contribution < 1.29 is 9.13 Å². The molecular formula is C14H19FN2OS. The number of likely N-dealkylation sites (tertiary alicyclic amines) is 1. The molecule has 1 saturated heterocycles. The van der Waals surface area contributed by atoms with E-state index >= 15 is 0 Å².